The van der Waals surface area contributed by atoms with Crippen LogP contribution in [0.3, 0.4) is 0 Å². The van der Waals surface area contributed by atoms with Crippen LogP contribution in [0.1, 0.15) is 11.1 Å². The Hall–Kier alpha value is -0.690. The minimum atomic E-state index is -2.89. The number of hydrogen-bond acceptors (Lipinski definition) is 3. The molecule has 7 heteroatoms. The second-order valence-electron chi connectivity index (χ2n) is 3.32. The lowest BCUT2D eigenvalue weighted by Crippen LogP contribution is -2.08. The van der Waals surface area contributed by atoms with Crippen molar-refractivity contribution in [1.29, 1.82) is 0 Å². The highest BCUT2D eigenvalue weighted by Gasteiger charge is 2.14. The molecule has 0 N–H and O–H groups in total. The van der Waals surface area contributed by atoms with Crippen LogP contribution in [0.25, 0.3) is 0 Å². The molecule has 0 unspecified atom stereocenters. The first-order valence-electron chi connectivity index (χ1n) is 4.86. The van der Waals surface area contributed by atoms with Gasteiger partial charge in [0.05, 0.1) is 13.5 Å². The quantitative estimate of drug-likeness (QED) is 0.571. The second kappa shape index (κ2) is 7.04. The maximum Gasteiger partial charge on any atom is 0.387 e. The molecule has 0 atom stereocenters. The summed E-state index contributed by atoms with van der Waals surface area (Å²) in [5.74, 6) is -0.332. The zero-order chi connectivity index (χ0) is 13.7. The molecule has 0 aliphatic rings. The van der Waals surface area contributed by atoms with Gasteiger partial charge in [-0.2, -0.15) is 8.78 Å². The molecule has 0 bridgehead atoms. The summed E-state index contributed by atoms with van der Waals surface area (Å²) in [4.78, 5) is 11.2. The zero-order valence-electron chi connectivity index (χ0n) is 9.38. The summed E-state index contributed by atoms with van der Waals surface area (Å²) in [5, 5.41) is 0.344. The first kappa shape index (κ1) is 15.4. The third-order valence-electron chi connectivity index (χ3n) is 2.15. The lowest BCUT2D eigenvalue weighted by Gasteiger charge is -2.12. The van der Waals surface area contributed by atoms with E-state index in [1.165, 1.54) is 13.2 Å². The fraction of sp³-hybridized carbons (Fsp3) is 0.364. The number of ether oxygens (including phenoxy) is 2. The largest absolute Gasteiger partial charge is 0.469 e. The van der Waals surface area contributed by atoms with Crippen LogP contribution in [0.15, 0.2) is 16.6 Å². The Morgan fingerprint density at radius 2 is 2.06 bits per heavy atom. The summed E-state index contributed by atoms with van der Waals surface area (Å²) >= 11 is 6.39. The van der Waals surface area contributed by atoms with Crippen molar-refractivity contribution in [1.82, 2.24) is 0 Å². The Bertz CT molecular complexity index is 439. The van der Waals surface area contributed by atoms with Crippen molar-refractivity contribution in [2.24, 2.45) is 0 Å². The monoisotopic (exact) mass is 386 g/mol. The van der Waals surface area contributed by atoms with E-state index in [0.717, 1.165) is 0 Å². The highest BCUT2D eigenvalue weighted by Crippen LogP contribution is 2.30. The molecule has 0 saturated heterocycles. The van der Waals surface area contributed by atoms with Crippen molar-refractivity contribution in [3.8, 4) is 5.75 Å². The van der Waals surface area contributed by atoms with E-state index < -0.39 is 12.6 Å². The van der Waals surface area contributed by atoms with Gasteiger partial charge in [0.2, 0.25) is 0 Å². The van der Waals surface area contributed by atoms with Crippen molar-refractivity contribution >= 4 is 37.8 Å². The molecule has 0 fully saturated rings. The zero-order valence-corrected chi connectivity index (χ0v) is 12.6. The summed E-state index contributed by atoms with van der Waals surface area (Å²) in [7, 11) is 1.29. The van der Waals surface area contributed by atoms with Crippen molar-refractivity contribution in [3.05, 3.63) is 27.7 Å². The summed E-state index contributed by atoms with van der Waals surface area (Å²) in [6, 6.07) is 3.04. The molecule has 0 spiro atoms. The van der Waals surface area contributed by atoms with Gasteiger partial charge in [0.25, 0.3) is 0 Å². The first-order chi connectivity index (χ1) is 8.47. The van der Waals surface area contributed by atoms with Crippen LogP contribution in [-0.2, 0) is 21.3 Å². The highest BCUT2D eigenvalue weighted by atomic mass is 79.9. The van der Waals surface area contributed by atoms with E-state index in [-0.39, 0.29) is 12.2 Å². The van der Waals surface area contributed by atoms with E-state index >= 15 is 0 Å². The van der Waals surface area contributed by atoms with E-state index in [1.807, 2.05) is 0 Å². The number of rotatable bonds is 5. The smallest absolute Gasteiger partial charge is 0.387 e. The molecule has 0 radical (unpaired) electrons. The molecular formula is C11H10Br2F2O3. The summed E-state index contributed by atoms with van der Waals surface area (Å²) in [6.45, 7) is -2.89. The van der Waals surface area contributed by atoms with Gasteiger partial charge in [-0.05, 0) is 17.7 Å². The number of carbonyl (C=O) groups excluding carboxylic acids is 1. The number of esters is 1. The van der Waals surface area contributed by atoms with Gasteiger partial charge in [-0.1, -0.05) is 31.9 Å². The van der Waals surface area contributed by atoms with Gasteiger partial charge in [0, 0.05) is 15.4 Å². The van der Waals surface area contributed by atoms with Gasteiger partial charge < -0.3 is 9.47 Å². The van der Waals surface area contributed by atoms with Crippen molar-refractivity contribution < 1.29 is 23.0 Å². The van der Waals surface area contributed by atoms with Crippen molar-refractivity contribution in [2.45, 2.75) is 18.4 Å². The molecule has 3 nitrogen and oxygen atoms in total. The molecule has 100 valence electrons. The SMILES string of the molecule is COC(=O)Cc1cc(CBr)c(OC(F)F)cc1Br. The number of alkyl halides is 3. The lowest BCUT2D eigenvalue weighted by atomic mass is 10.1. The molecule has 0 saturated carbocycles. The normalized spacial score (nSPS) is 10.6. The van der Waals surface area contributed by atoms with E-state index in [9.17, 15) is 13.6 Å². The van der Waals surface area contributed by atoms with Gasteiger partial charge in [0.1, 0.15) is 5.75 Å². The van der Waals surface area contributed by atoms with E-state index in [4.69, 9.17) is 0 Å². The Kier molecular flexibility index (Phi) is 6.01. The first-order valence-corrected chi connectivity index (χ1v) is 6.78. The summed E-state index contributed by atoms with van der Waals surface area (Å²) in [5.41, 5.74) is 1.19. The molecule has 1 aromatic rings. The standard InChI is InChI=1S/C11H10Br2F2O3/c1-17-10(16)3-6-2-7(5-12)9(4-8(6)13)18-11(14)15/h2,4,11H,3,5H2,1H3. The molecule has 0 aromatic heterocycles. The van der Waals surface area contributed by atoms with Gasteiger partial charge in [-0.3, -0.25) is 4.79 Å². The number of methoxy groups -OCH3 is 1. The molecule has 1 aromatic carbocycles. The van der Waals surface area contributed by atoms with Crippen LogP contribution in [-0.4, -0.2) is 19.7 Å². The number of hydrogen-bond donors (Lipinski definition) is 0. The van der Waals surface area contributed by atoms with Gasteiger partial charge >= 0.3 is 12.6 Å². The van der Waals surface area contributed by atoms with Crippen molar-refractivity contribution in [3.63, 3.8) is 0 Å². The van der Waals surface area contributed by atoms with Crippen LogP contribution in [0, 0.1) is 0 Å². The van der Waals surface area contributed by atoms with E-state index in [0.29, 0.717) is 20.9 Å². The predicted molar refractivity (Wildman–Crippen MR) is 69.1 cm³/mol. The second-order valence-corrected chi connectivity index (χ2v) is 4.73. The fourth-order valence-corrected chi connectivity index (χ4v) is 2.22. The average Bonchev–Trinajstić information content (AvgIpc) is 2.31. The van der Waals surface area contributed by atoms with Crippen molar-refractivity contribution in [2.75, 3.05) is 7.11 Å². The van der Waals surface area contributed by atoms with Crippen LogP contribution >= 0.6 is 31.9 Å². The fourth-order valence-electron chi connectivity index (χ4n) is 1.32. The Balaban J connectivity index is 3.05. The Morgan fingerprint density at radius 3 is 2.56 bits per heavy atom. The van der Waals surface area contributed by atoms with Gasteiger partial charge in [-0.25, -0.2) is 0 Å². The molecule has 0 heterocycles. The molecular weight excluding hydrogens is 378 g/mol. The predicted octanol–water partition coefficient (Wildman–Crippen LogP) is 3.66. The summed E-state index contributed by atoms with van der Waals surface area (Å²) < 4.78 is 33.9. The Labute approximate surface area is 120 Å². The third-order valence-corrected chi connectivity index (χ3v) is 3.49. The number of benzene rings is 1. The average molecular weight is 388 g/mol. The highest BCUT2D eigenvalue weighted by molar-refractivity contribution is 9.10. The molecule has 1 rings (SSSR count). The summed E-state index contributed by atoms with van der Waals surface area (Å²) in [6.07, 6.45) is 0.0615. The number of halogens is 4. The molecule has 0 amide bonds. The maximum atomic E-state index is 12.2. The minimum Gasteiger partial charge on any atom is -0.469 e. The molecule has 0 aliphatic carbocycles. The third kappa shape index (κ3) is 4.20. The molecule has 18 heavy (non-hydrogen) atoms. The van der Waals surface area contributed by atoms with Gasteiger partial charge in [-0.15, -0.1) is 0 Å². The van der Waals surface area contributed by atoms with Gasteiger partial charge in [0.15, 0.2) is 0 Å². The minimum absolute atomic E-state index is 0.0615. The maximum absolute atomic E-state index is 12.2. The lowest BCUT2D eigenvalue weighted by molar-refractivity contribution is -0.139. The van der Waals surface area contributed by atoms with Crippen LogP contribution in [0.2, 0.25) is 0 Å². The Morgan fingerprint density at radius 1 is 1.39 bits per heavy atom. The van der Waals surface area contributed by atoms with Crippen LogP contribution in [0.4, 0.5) is 8.78 Å². The molecule has 0 aliphatic heterocycles. The topological polar surface area (TPSA) is 35.5 Å². The number of carbonyl (C=O) groups is 1. The van der Waals surface area contributed by atoms with E-state index in [2.05, 4.69) is 41.3 Å². The van der Waals surface area contributed by atoms with Crippen LogP contribution in [0.5, 0.6) is 5.75 Å². The van der Waals surface area contributed by atoms with Crippen LogP contribution < -0.4 is 4.74 Å². The van der Waals surface area contributed by atoms with E-state index in [1.54, 1.807) is 6.07 Å².